The van der Waals surface area contributed by atoms with Crippen LogP contribution >= 0.6 is 0 Å². The lowest BCUT2D eigenvalue weighted by Crippen LogP contribution is -2.52. The molecule has 1 amide bonds. The van der Waals surface area contributed by atoms with Crippen LogP contribution in [0.5, 0.6) is 0 Å². The van der Waals surface area contributed by atoms with E-state index in [0.717, 1.165) is 46.4 Å². The highest BCUT2D eigenvalue weighted by atomic mass is 16.2. The second-order valence-electron chi connectivity index (χ2n) is 10.9. The van der Waals surface area contributed by atoms with E-state index >= 15 is 0 Å². The number of para-hydroxylation sites is 2. The fraction of sp³-hybridized carbons (Fsp3) is 0.323. The van der Waals surface area contributed by atoms with E-state index < -0.39 is 5.41 Å². The van der Waals surface area contributed by atoms with Gasteiger partial charge in [0.15, 0.2) is 0 Å². The summed E-state index contributed by atoms with van der Waals surface area (Å²) in [7, 11) is 0. The topological polar surface area (TPSA) is 46.1 Å². The average Bonchev–Trinajstić information content (AvgIpc) is 3.17. The number of rotatable bonds is 5. The number of benzene rings is 3. The lowest BCUT2D eigenvalue weighted by Gasteiger charge is -2.42. The summed E-state index contributed by atoms with van der Waals surface area (Å²) in [5.41, 5.74) is 4.75. The Labute approximate surface area is 207 Å². The van der Waals surface area contributed by atoms with E-state index in [4.69, 9.17) is 9.97 Å². The van der Waals surface area contributed by atoms with Crippen LogP contribution in [-0.4, -0.2) is 20.8 Å². The Balaban J connectivity index is 1.51. The molecule has 2 aliphatic carbocycles. The third kappa shape index (κ3) is 3.02. The molecule has 2 unspecified atom stereocenters. The van der Waals surface area contributed by atoms with Gasteiger partial charge in [-0.1, -0.05) is 93.6 Å². The van der Waals surface area contributed by atoms with E-state index in [1.807, 2.05) is 65.6 Å². The van der Waals surface area contributed by atoms with Gasteiger partial charge in [0.05, 0.1) is 27.8 Å². The molecule has 0 spiro atoms. The SMILES string of the molecule is CC12CCC(C(=O)N(Cc3ccccc3)Cc3ccccc3)(c3nc4ccccc4nc31)C2(C)C. The van der Waals surface area contributed by atoms with Crippen molar-refractivity contribution in [2.45, 2.75) is 57.5 Å². The molecule has 0 aliphatic heterocycles. The van der Waals surface area contributed by atoms with Gasteiger partial charge in [0.1, 0.15) is 0 Å². The maximum absolute atomic E-state index is 14.8. The minimum absolute atomic E-state index is 0.169. The molecule has 2 bridgehead atoms. The monoisotopic (exact) mass is 461 g/mol. The van der Waals surface area contributed by atoms with Crippen LogP contribution in [-0.2, 0) is 28.7 Å². The number of carbonyl (C=O) groups excluding carboxylic acids is 1. The summed E-state index contributed by atoms with van der Waals surface area (Å²) < 4.78 is 0. The Kier molecular flexibility index (Phi) is 4.86. The van der Waals surface area contributed by atoms with Crippen molar-refractivity contribution >= 4 is 16.9 Å². The Morgan fingerprint density at radius 1 is 0.714 bits per heavy atom. The molecule has 2 aliphatic rings. The summed E-state index contributed by atoms with van der Waals surface area (Å²) >= 11 is 0. The summed E-state index contributed by atoms with van der Waals surface area (Å²) in [4.78, 5) is 27.2. The van der Waals surface area contributed by atoms with Crippen LogP contribution in [0.1, 0.15) is 56.1 Å². The van der Waals surface area contributed by atoms with Gasteiger partial charge in [0.25, 0.3) is 0 Å². The number of fused-ring (bicyclic) bond motifs is 6. The van der Waals surface area contributed by atoms with Crippen molar-refractivity contribution in [2.24, 2.45) is 5.41 Å². The molecule has 4 heteroatoms. The average molecular weight is 462 g/mol. The molecule has 3 aromatic carbocycles. The molecule has 2 atom stereocenters. The Bertz CT molecular complexity index is 1370. The predicted molar refractivity (Wildman–Crippen MR) is 139 cm³/mol. The first kappa shape index (κ1) is 22.0. The molecule has 1 heterocycles. The smallest absolute Gasteiger partial charge is 0.236 e. The van der Waals surface area contributed by atoms with Gasteiger partial charge >= 0.3 is 0 Å². The van der Waals surface area contributed by atoms with Crippen LogP contribution in [0, 0.1) is 5.41 Å². The number of aromatic nitrogens is 2. The highest BCUT2D eigenvalue weighted by molar-refractivity contribution is 5.93. The van der Waals surface area contributed by atoms with E-state index in [9.17, 15) is 4.79 Å². The van der Waals surface area contributed by atoms with Gasteiger partial charge in [-0.3, -0.25) is 4.79 Å². The van der Waals surface area contributed by atoms with E-state index in [0.29, 0.717) is 13.1 Å². The number of hydrogen-bond donors (Lipinski definition) is 0. The Hall–Kier alpha value is -3.53. The predicted octanol–water partition coefficient (Wildman–Crippen LogP) is 6.19. The summed E-state index contributed by atoms with van der Waals surface area (Å²) in [5.74, 6) is 0.169. The van der Waals surface area contributed by atoms with Crippen molar-refractivity contribution in [1.29, 1.82) is 0 Å². The molecule has 0 N–H and O–H groups in total. The van der Waals surface area contributed by atoms with Crippen molar-refractivity contribution in [1.82, 2.24) is 14.9 Å². The lowest BCUT2D eigenvalue weighted by atomic mass is 9.63. The molecule has 0 radical (unpaired) electrons. The zero-order valence-corrected chi connectivity index (χ0v) is 20.7. The molecule has 1 aromatic heterocycles. The molecule has 35 heavy (non-hydrogen) atoms. The standard InChI is InChI=1S/C31H31N3O/c1-29(2)30(3)18-19-31(29,27-26(30)32-24-16-10-11-17-25(24)33-27)28(35)34(20-22-12-6-4-7-13-22)21-23-14-8-5-9-15-23/h4-17H,18-21H2,1-3H3. The first-order valence-corrected chi connectivity index (χ1v) is 12.5. The van der Waals surface area contributed by atoms with E-state index in [1.54, 1.807) is 0 Å². The van der Waals surface area contributed by atoms with Gasteiger partial charge < -0.3 is 4.90 Å². The quantitative estimate of drug-likeness (QED) is 0.356. The number of amides is 1. The molecular formula is C31H31N3O. The Morgan fingerprint density at radius 3 is 1.74 bits per heavy atom. The first-order valence-electron chi connectivity index (χ1n) is 12.5. The first-order chi connectivity index (χ1) is 16.9. The highest BCUT2D eigenvalue weighted by Gasteiger charge is 2.73. The van der Waals surface area contributed by atoms with Crippen molar-refractivity contribution in [3.8, 4) is 0 Å². The summed E-state index contributed by atoms with van der Waals surface area (Å²) in [6.07, 6.45) is 1.74. The van der Waals surface area contributed by atoms with Crippen LogP contribution in [0.4, 0.5) is 0 Å². The third-order valence-electron chi connectivity index (χ3n) is 9.03. The summed E-state index contributed by atoms with van der Waals surface area (Å²) in [5, 5.41) is 0. The van der Waals surface area contributed by atoms with Crippen molar-refractivity contribution < 1.29 is 4.79 Å². The van der Waals surface area contributed by atoms with Crippen LogP contribution < -0.4 is 0 Å². The molecule has 176 valence electrons. The molecule has 6 rings (SSSR count). The van der Waals surface area contributed by atoms with E-state index in [2.05, 4.69) is 45.0 Å². The second-order valence-corrected chi connectivity index (χ2v) is 10.9. The maximum Gasteiger partial charge on any atom is 0.236 e. The van der Waals surface area contributed by atoms with Crippen LogP contribution in [0.3, 0.4) is 0 Å². The highest BCUT2D eigenvalue weighted by Crippen LogP contribution is 2.70. The molecular weight excluding hydrogens is 430 g/mol. The summed E-state index contributed by atoms with van der Waals surface area (Å²) in [6.45, 7) is 7.94. The molecule has 0 saturated heterocycles. The van der Waals surface area contributed by atoms with Gasteiger partial charge in [0, 0.05) is 18.5 Å². The molecule has 4 nitrogen and oxygen atoms in total. The number of nitrogens with zero attached hydrogens (tertiary/aromatic N) is 3. The van der Waals surface area contributed by atoms with E-state index in [-0.39, 0.29) is 16.7 Å². The summed E-state index contributed by atoms with van der Waals surface area (Å²) in [6, 6.07) is 28.6. The fourth-order valence-electron chi connectivity index (χ4n) is 6.60. The van der Waals surface area contributed by atoms with Gasteiger partial charge in [-0.15, -0.1) is 0 Å². The number of hydrogen-bond acceptors (Lipinski definition) is 3. The zero-order chi connectivity index (χ0) is 24.3. The largest absolute Gasteiger partial charge is 0.333 e. The van der Waals surface area contributed by atoms with Gasteiger partial charge in [-0.05, 0) is 41.5 Å². The number of carbonyl (C=O) groups is 1. The Morgan fingerprint density at radius 2 is 1.20 bits per heavy atom. The molecule has 4 aromatic rings. The normalized spacial score (nSPS) is 23.9. The van der Waals surface area contributed by atoms with Crippen molar-refractivity contribution in [3.05, 3.63) is 107 Å². The minimum Gasteiger partial charge on any atom is -0.333 e. The van der Waals surface area contributed by atoms with Crippen LogP contribution in [0.2, 0.25) is 0 Å². The fourth-order valence-corrected chi connectivity index (χ4v) is 6.60. The van der Waals surface area contributed by atoms with Crippen molar-refractivity contribution in [2.75, 3.05) is 0 Å². The lowest BCUT2D eigenvalue weighted by molar-refractivity contribution is -0.142. The van der Waals surface area contributed by atoms with Crippen LogP contribution in [0.15, 0.2) is 84.9 Å². The molecule has 1 saturated carbocycles. The second kappa shape index (κ2) is 7.74. The van der Waals surface area contributed by atoms with E-state index in [1.165, 1.54) is 0 Å². The van der Waals surface area contributed by atoms with Gasteiger partial charge in [0.2, 0.25) is 5.91 Å². The zero-order valence-electron chi connectivity index (χ0n) is 20.7. The van der Waals surface area contributed by atoms with Crippen LogP contribution in [0.25, 0.3) is 11.0 Å². The van der Waals surface area contributed by atoms with Crippen molar-refractivity contribution in [3.63, 3.8) is 0 Å². The van der Waals surface area contributed by atoms with Gasteiger partial charge in [-0.25, -0.2) is 9.97 Å². The van der Waals surface area contributed by atoms with Gasteiger partial charge in [-0.2, -0.15) is 0 Å². The molecule has 1 fully saturated rings. The maximum atomic E-state index is 14.8. The third-order valence-corrected chi connectivity index (χ3v) is 9.03. The minimum atomic E-state index is -0.697.